The molecule has 0 saturated carbocycles. The third kappa shape index (κ3) is 2.68. The zero-order valence-electron chi connectivity index (χ0n) is 9.08. The highest BCUT2D eigenvalue weighted by Crippen LogP contribution is 2.14. The summed E-state index contributed by atoms with van der Waals surface area (Å²) in [5, 5.41) is 0.317. The van der Waals surface area contributed by atoms with Crippen molar-refractivity contribution in [3.8, 4) is 0 Å². The predicted molar refractivity (Wildman–Crippen MR) is 63.8 cm³/mol. The van der Waals surface area contributed by atoms with Gasteiger partial charge in [-0.1, -0.05) is 11.6 Å². The molecule has 2 aromatic rings. The Labute approximate surface area is 103 Å². The van der Waals surface area contributed by atoms with Crippen LogP contribution in [0, 0.1) is 12.7 Å². The van der Waals surface area contributed by atoms with E-state index in [-0.39, 0.29) is 5.78 Å². The highest BCUT2D eigenvalue weighted by atomic mass is 35.5. The molecule has 2 rings (SSSR count). The van der Waals surface area contributed by atoms with Gasteiger partial charge in [0.05, 0.1) is 0 Å². The summed E-state index contributed by atoms with van der Waals surface area (Å²) in [7, 11) is 0. The molecule has 4 heteroatoms. The van der Waals surface area contributed by atoms with E-state index in [4.69, 9.17) is 11.6 Å². The summed E-state index contributed by atoms with van der Waals surface area (Å²) < 4.78 is 13.2. The van der Waals surface area contributed by atoms with Crippen LogP contribution in [0.15, 0.2) is 36.5 Å². The number of benzene rings is 1. The Bertz CT molecular complexity index is 546. The van der Waals surface area contributed by atoms with Gasteiger partial charge < -0.3 is 0 Å². The second-order valence-electron chi connectivity index (χ2n) is 3.72. The van der Waals surface area contributed by atoms with Crippen molar-refractivity contribution in [1.82, 2.24) is 4.98 Å². The molecule has 0 bridgehead atoms. The Hall–Kier alpha value is -1.74. The molecule has 0 spiro atoms. The van der Waals surface area contributed by atoms with Gasteiger partial charge in [-0.15, -0.1) is 0 Å². The summed E-state index contributed by atoms with van der Waals surface area (Å²) in [5.41, 5.74) is 1.40. The quantitative estimate of drug-likeness (QED) is 0.603. The molecule has 0 aliphatic heterocycles. The van der Waals surface area contributed by atoms with Crippen LogP contribution >= 0.6 is 11.6 Å². The van der Waals surface area contributed by atoms with Crippen molar-refractivity contribution in [2.24, 2.45) is 0 Å². The van der Waals surface area contributed by atoms with Crippen LogP contribution in [0.1, 0.15) is 21.5 Å². The average molecular weight is 250 g/mol. The van der Waals surface area contributed by atoms with Crippen molar-refractivity contribution in [2.45, 2.75) is 6.92 Å². The number of rotatable bonds is 2. The minimum Gasteiger partial charge on any atom is -0.289 e. The van der Waals surface area contributed by atoms with Gasteiger partial charge >= 0.3 is 0 Å². The number of hydrogen-bond donors (Lipinski definition) is 0. The van der Waals surface area contributed by atoms with Gasteiger partial charge in [-0.2, -0.15) is 0 Å². The maximum atomic E-state index is 13.2. The lowest BCUT2D eigenvalue weighted by atomic mass is 10.0. The number of pyridine rings is 1. The molecule has 0 unspecified atom stereocenters. The van der Waals surface area contributed by atoms with Crippen molar-refractivity contribution in [3.05, 3.63) is 64.2 Å². The van der Waals surface area contributed by atoms with Gasteiger partial charge in [-0.05, 0) is 42.8 Å². The zero-order valence-corrected chi connectivity index (χ0v) is 9.83. The molecule has 1 aromatic heterocycles. The van der Waals surface area contributed by atoms with E-state index in [9.17, 15) is 9.18 Å². The van der Waals surface area contributed by atoms with Crippen LogP contribution in [0.4, 0.5) is 4.39 Å². The summed E-state index contributed by atoms with van der Waals surface area (Å²) in [6, 6.07) is 7.32. The van der Waals surface area contributed by atoms with Gasteiger partial charge in [0, 0.05) is 17.3 Å². The lowest BCUT2D eigenvalue weighted by Crippen LogP contribution is -2.02. The number of nitrogens with zero attached hydrogens (tertiary/aromatic N) is 1. The van der Waals surface area contributed by atoms with Crippen LogP contribution in [0.5, 0.6) is 0 Å². The lowest BCUT2D eigenvalue weighted by Gasteiger charge is -2.02. The largest absolute Gasteiger partial charge is 0.289 e. The molecule has 0 aliphatic carbocycles. The Morgan fingerprint density at radius 3 is 2.59 bits per heavy atom. The third-order valence-electron chi connectivity index (χ3n) is 2.29. The normalized spacial score (nSPS) is 10.3. The fraction of sp³-hybridized carbons (Fsp3) is 0.0769. The van der Waals surface area contributed by atoms with Crippen molar-refractivity contribution >= 4 is 17.4 Å². The molecule has 17 heavy (non-hydrogen) atoms. The van der Waals surface area contributed by atoms with Gasteiger partial charge in [0.2, 0.25) is 0 Å². The third-order valence-corrected chi connectivity index (χ3v) is 2.52. The van der Waals surface area contributed by atoms with Crippen LogP contribution in [0.25, 0.3) is 0 Å². The summed E-state index contributed by atoms with van der Waals surface area (Å²) in [5.74, 6) is -0.688. The Kier molecular flexibility index (Phi) is 3.20. The Balaban J connectivity index is 2.40. The van der Waals surface area contributed by atoms with Gasteiger partial charge in [0.15, 0.2) is 5.78 Å². The second kappa shape index (κ2) is 4.63. The Morgan fingerprint density at radius 2 is 2.00 bits per heavy atom. The van der Waals surface area contributed by atoms with Gasteiger partial charge in [-0.25, -0.2) is 9.37 Å². The smallest absolute Gasteiger partial charge is 0.194 e. The van der Waals surface area contributed by atoms with Crippen molar-refractivity contribution < 1.29 is 9.18 Å². The average Bonchev–Trinajstić information content (AvgIpc) is 2.28. The van der Waals surface area contributed by atoms with Gasteiger partial charge in [-0.3, -0.25) is 4.79 Å². The van der Waals surface area contributed by atoms with E-state index in [0.29, 0.717) is 21.8 Å². The number of aromatic nitrogens is 1. The van der Waals surface area contributed by atoms with E-state index < -0.39 is 5.82 Å². The number of aryl methyl sites for hydroxylation is 1. The van der Waals surface area contributed by atoms with Crippen LogP contribution in [0.3, 0.4) is 0 Å². The van der Waals surface area contributed by atoms with E-state index in [2.05, 4.69) is 4.98 Å². The molecule has 0 aliphatic rings. The monoisotopic (exact) mass is 249 g/mol. The highest BCUT2D eigenvalue weighted by Gasteiger charge is 2.11. The standard InChI is InChI=1S/C13H9ClFNO/c1-8-4-10(6-11(15)5-8)13(17)9-2-3-12(14)16-7-9/h2-7H,1H3. The summed E-state index contributed by atoms with van der Waals surface area (Å²) in [4.78, 5) is 15.8. The van der Waals surface area contributed by atoms with Crippen molar-refractivity contribution in [1.29, 1.82) is 0 Å². The molecule has 0 N–H and O–H groups in total. The summed E-state index contributed by atoms with van der Waals surface area (Å²) >= 11 is 5.63. The van der Waals surface area contributed by atoms with Crippen LogP contribution in [-0.4, -0.2) is 10.8 Å². The maximum absolute atomic E-state index is 13.2. The van der Waals surface area contributed by atoms with Crippen LogP contribution in [0.2, 0.25) is 5.15 Å². The zero-order chi connectivity index (χ0) is 12.4. The van der Waals surface area contributed by atoms with Gasteiger partial charge in [0.1, 0.15) is 11.0 Å². The molecule has 1 heterocycles. The van der Waals surface area contributed by atoms with E-state index in [1.165, 1.54) is 24.4 Å². The van der Waals surface area contributed by atoms with Gasteiger partial charge in [0.25, 0.3) is 0 Å². The number of halogens is 2. The topological polar surface area (TPSA) is 30.0 Å². The number of carbonyl (C=O) groups is 1. The van der Waals surface area contributed by atoms with Crippen LogP contribution in [-0.2, 0) is 0 Å². The first kappa shape index (κ1) is 11.7. The molecular formula is C13H9ClFNO. The summed E-state index contributed by atoms with van der Waals surface area (Å²) in [6.07, 6.45) is 1.38. The summed E-state index contributed by atoms with van der Waals surface area (Å²) in [6.45, 7) is 1.74. The molecular weight excluding hydrogens is 241 g/mol. The number of ketones is 1. The molecule has 2 nitrogen and oxygen atoms in total. The van der Waals surface area contributed by atoms with E-state index >= 15 is 0 Å². The highest BCUT2D eigenvalue weighted by molar-refractivity contribution is 6.29. The molecule has 86 valence electrons. The minimum atomic E-state index is -0.421. The first-order valence-electron chi connectivity index (χ1n) is 5.00. The number of hydrogen-bond acceptors (Lipinski definition) is 2. The molecule has 1 aromatic carbocycles. The first-order valence-corrected chi connectivity index (χ1v) is 5.37. The van der Waals surface area contributed by atoms with E-state index in [0.717, 1.165) is 0 Å². The predicted octanol–water partition coefficient (Wildman–Crippen LogP) is 3.41. The minimum absolute atomic E-state index is 0.267. The number of carbonyl (C=O) groups excluding carboxylic acids is 1. The van der Waals surface area contributed by atoms with E-state index in [1.54, 1.807) is 19.1 Å². The molecule has 0 amide bonds. The molecule has 0 radical (unpaired) electrons. The fourth-order valence-electron chi connectivity index (χ4n) is 1.54. The SMILES string of the molecule is Cc1cc(F)cc(C(=O)c2ccc(Cl)nc2)c1. The molecule has 0 fully saturated rings. The first-order chi connectivity index (χ1) is 8.06. The molecule has 0 atom stereocenters. The maximum Gasteiger partial charge on any atom is 0.194 e. The van der Waals surface area contributed by atoms with Crippen molar-refractivity contribution in [3.63, 3.8) is 0 Å². The van der Waals surface area contributed by atoms with Crippen molar-refractivity contribution in [2.75, 3.05) is 0 Å². The molecule has 0 saturated heterocycles. The van der Waals surface area contributed by atoms with Crippen LogP contribution < -0.4 is 0 Å². The second-order valence-corrected chi connectivity index (χ2v) is 4.10. The Morgan fingerprint density at radius 1 is 1.24 bits per heavy atom. The van der Waals surface area contributed by atoms with E-state index in [1.807, 2.05) is 0 Å². The fourth-order valence-corrected chi connectivity index (χ4v) is 1.66. The lowest BCUT2D eigenvalue weighted by molar-refractivity contribution is 0.103.